The molecule has 1 aliphatic rings. The fourth-order valence-electron chi connectivity index (χ4n) is 3.19. The van der Waals surface area contributed by atoms with Crippen LogP contribution in [0.4, 0.5) is 18.3 Å². The Labute approximate surface area is 169 Å². The number of morpholine rings is 1. The molecule has 1 aromatic heterocycles. The number of aromatic nitrogens is 1. The van der Waals surface area contributed by atoms with E-state index in [0.717, 1.165) is 36.6 Å². The fourth-order valence-corrected chi connectivity index (χ4v) is 4.22. The minimum absolute atomic E-state index is 0.00909. The van der Waals surface area contributed by atoms with Gasteiger partial charge in [-0.25, -0.2) is 18.2 Å². The molecule has 1 amide bonds. The summed E-state index contributed by atoms with van der Waals surface area (Å²) in [5.74, 6) is -2.46. The molecule has 0 atom stereocenters. The molecule has 1 saturated heterocycles. The molecular weight excluding hydrogens is 403 g/mol. The zero-order chi connectivity index (χ0) is 20.4. The van der Waals surface area contributed by atoms with Crippen molar-refractivity contribution in [1.82, 2.24) is 9.88 Å². The van der Waals surface area contributed by atoms with Crippen molar-refractivity contribution in [2.45, 2.75) is 0 Å². The van der Waals surface area contributed by atoms with Crippen LogP contribution < -0.4 is 4.90 Å². The Morgan fingerprint density at radius 2 is 1.93 bits per heavy atom. The highest BCUT2D eigenvalue weighted by Gasteiger charge is 2.24. The maximum atomic E-state index is 14.1. The van der Waals surface area contributed by atoms with Gasteiger partial charge in [-0.05, 0) is 24.3 Å². The van der Waals surface area contributed by atoms with Crippen LogP contribution in [0.3, 0.4) is 0 Å². The molecule has 0 bridgehead atoms. The Morgan fingerprint density at radius 3 is 2.69 bits per heavy atom. The lowest BCUT2D eigenvalue weighted by molar-refractivity contribution is 0.0391. The summed E-state index contributed by atoms with van der Waals surface area (Å²) >= 11 is 1.02. The van der Waals surface area contributed by atoms with Crippen LogP contribution in [0.25, 0.3) is 10.2 Å². The lowest BCUT2D eigenvalue weighted by atomic mass is 10.2. The second-order valence-corrected chi connectivity index (χ2v) is 7.66. The number of thiazole rings is 1. The van der Waals surface area contributed by atoms with Gasteiger partial charge in [-0.3, -0.25) is 14.6 Å². The smallest absolute Gasteiger partial charge is 0.260 e. The average Bonchev–Trinajstić information content (AvgIpc) is 3.13. The standard InChI is InChI=1S/C20H18F3N3O2S/c21-14-3-1-2-13(10-14)19(27)26(5-4-25-6-8-28-9-7-25)20-24-18-16(23)11-15(22)12-17(18)29-20/h1-3,10-12H,4-9H2. The molecule has 5 nitrogen and oxygen atoms in total. The Balaban J connectivity index is 1.67. The number of hydrogen-bond donors (Lipinski definition) is 0. The van der Waals surface area contributed by atoms with Crippen molar-refractivity contribution in [2.75, 3.05) is 44.3 Å². The molecule has 0 saturated carbocycles. The van der Waals surface area contributed by atoms with E-state index in [4.69, 9.17) is 4.74 Å². The van der Waals surface area contributed by atoms with Gasteiger partial charge in [0.05, 0.1) is 17.9 Å². The number of benzene rings is 2. The predicted molar refractivity (Wildman–Crippen MR) is 105 cm³/mol. The summed E-state index contributed by atoms with van der Waals surface area (Å²) in [5, 5.41) is 0.243. The molecule has 152 valence electrons. The molecule has 3 aromatic rings. The highest BCUT2D eigenvalue weighted by Crippen LogP contribution is 2.32. The summed E-state index contributed by atoms with van der Waals surface area (Å²) in [4.78, 5) is 20.9. The summed E-state index contributed by atoms with van der Waals surface area (Å²) in [6.45, 7) is 3.53. The molecule has 0 unspecified atom stereocenters. The molecule has 0 radical (unpaired) electrons. The lowest BCUT2D eigenvalue weighted by Gasteiger charge is -2.29. The molecule has 0 spiro atoms. The van der Waals surface area contributed by atoms with Gasteiger partial charge in [-0.2, -0.15) is 0 Å². The first-order valence-electron chi connectivity index (χ1n) is 9.14. The molecule has 2 aromatic carbocycles. The van der Waals surface area contributed by atoms with Gasteiger partial charge < -0.3 is 4.74 Å². The van der Waals surface area contributed by atoms with E-state index in [1.54, 1.807) is 0 Å². The van der Waals surface area contributed by atoms with Gasteiger partial charge in [-0.15, -0.1) is 0 Å². The topological polar surface area (TPSA) is 45.7 Å². The third-order valence-electron chi connectivity index (χ3n) is 4.69. The SMILES string of the molecule is O=C(c1cccc(F)c1)N(CCN1CCOCC1)c1nc2c(F)cc(F)cc2s1. The first-order valence-corrected chi connectivity index (χ1v) is 9.96. The van der Waals surface area contributed by atoms with Crippen molar-refractivity contribution >= 4 is 32.6 Å². The van der Waals surface area contributed by atoms with Gasteiger partial charge in [0.2, 0.25) is 0 Å². The van der Waals surface area contributed by atoms with Crippen molar-refractivity contribution in [3.8, 4) is 0 Å². The van der Waals surface area contributed by atoms with E-state index in [9.17, 15) is 18.0 Å². The van der Waals surface area contributed by atoms with Crippen LogP contribution in [0.15, 0.2) is 36.4 Å². The molecule has 1 fully saturated rings. The van der Waals surface area contributed by atoms with Crippen molar-refractivity contribution in [1.29, 1.82) is 0 Å². The Hall–Kier alpha value is -2.49. The van der Waals surface area contributed by atoms with Gasteiger partial charge >= 0.3 is 0 Å². The van der Waals surface area contributed by atoms with Crippen LogP contribution >= 0.6 is 11.3 Å². The van der Waals surface area contributed by atoms with Crippen LogP contribution in [0.2, 0.25) is 0 Å². The van der Waals surface area contributed by atoms with Gasteiger partial charge in [0, 0.05) is 37.8 Å². The zero-order valence-corrected chi connectivity index (χ0v) is 16.2. The minimum atomic E-state index is -0.783. The maximum Gasteiger partial charge on any atom is 0.260 e. The first kappa shape index (κ1) is 19.8. The molecule has 1 aliphatic heterocycles. The van der Waals surface area contributed by atoms with Gasteiger partial charge in [0.25, 0.3) is 5.91 Å². The van der Waals surface area contributed by atoms with Crippen LogP contribution in [0.5, 0.6) is 0 Å². The fraction of sp³-hybridized carbons (Fsp3) is 0.300. The Morgan fingerprint density at radius 1 is 1.14 bits per heavy atom. The predicted octanol–water partition coefficient (Wildman–Crippen LogP) is 3.69. The second kappa shape index (κ2) is 8.48. The monoisotopic (exact) mass is 421 g/mol. The van der Waals surface area contributed by atoms with Crippen LogP contribution in [0.1, 0.15) is 10.4 Å². The summed E-state index contributed by atoms with van der Waals surface area (Å²) < 4.78 is 46.9. The molecule has 0 N–H and O–H groups in total. The largest absolute Gasteiger partial charge is 0.379 e. The van der Waals surface area contributed by atoms with E-state index in [2.05, 4.69) is 9.88 Å². The molecule has 0 aliphatic carbocycles. The van der Waals surface area contributed by atoms with Crippen LogP contribution in [0, 0.1) is 17.5 Å². The number of fused-ring (bicyclic) bond motifs is 1. The van der Waals surface area contributed by atoms with E-state index in [-0.39, 0.29) is 22.8 Å². The first-order chi connectivity index (χ1) is 14.0. The average molecular weight is 421 g/mol. The third-order valence-corrected chi connectivity index (χ3v) is 5.72. The summed E-state index contributed by atoms with van der Waals surface area (Å²) in [5.41, 5.74) is 0.174. The molecule has 4 rings (SSSR count). The molecule has 2 heterocycles. The third kappa shape index (κ3) is 4.42. The Bertz CT molecular complexity index is 1040. The van der Waals surface area contributed by atoms with Crippen LogP contribution in [-0.2, 0) is 4.74 Å². The highest BCUT2D eigenvalue weighted by atomic mass is 32.1. The summed E-state index contributed by atoms with van der Waals surface area (Å²) in [6, 6.07) is 7.32. The number of carbonyl (C=O) groups is 1. The summed E-state index contributed by atoms with van der Waals surface area (Å²) in [6.07, 6.45) is 0. The van der Waals surface area contributed by atoms with Gasteiger partial charge in [0.1, 0.15) is 17.2 Å². The Kier molecular flexibility index (Phi) is 5.79. The normalized spacial score (nSPS) is 15.0. The number of nitrogens with zero attached hydrogens (tertiary/aromatic N) is 3. The van der Waals surface area contributed by atoms with Crippen molar-refractivity contribution in [2.24, 2.45) is 0 Å². The number of amides is 1. The minimum Gasteiger partial charge on any atom is -0.379 e. The molecule has 29 heavy (non-hydrogen) atoms. The van der Waals surface area contributed by atoms with E-state index >= 15 is 0 Å². The van der Waals surface area contributed by atoms with E-state index in [0.29, 0.717) is 24.5 Å². The molecule has 9 heteroatoms. The van der Waals surface area contributed by atoms with E-state index in [1.165, 1.54) is 29.2 Å². The summed E-state index contributed by atoms with van der Waals surface area (Å²) in [7, 11) is 0. The number of halogens is 3. The number of anilines is 1. The second-order valence-electron chi connectivity index (χ2n) is 6.65. The molecular formula is C20H18F3N3O2S. The van der Waals surface area contributed by atoms with Crippen molar-refractivity contribution < 1.29 is 22.7 Å². The van der Waals surface area contributed by atoms with Crippen molar-refractivity contribution in [3.63, 3.8) is 0 Å². The number of ether oxygens (including phenoxy) is 1. The maximum absolute atomic E-state index is 14.1. The van der Waals surface area contributed by atoms with Gasteiger partial charge in [0.15, 0.2) is 10.9 Å². The highest BCUT2D eigenvalue weighted by molar-refractivity contribution is 7.22. The zero-order valence-electron chi connectivity index (χ0n) is 15.4. The van der Waals surface area contributed by atoms with E-state index in [1.807, 2.05) is 0 Å². The quantitative estimate of drug-likeness (QED) is 0.630. The van der Waals surface area contributed by atoms with Crippen molar-refractivity contribution in [3.05, 3.63) is 59.4 Å². The lowest BCUT2D eigenvalue weighted by Crippen LogP contribution is -2.43. The number of rotatable bonds is 5. The van der Waals surface area contributed by atoms with E-state index < -0.39 is 23.4 Å². The van der Waals surface area contributed by atoms with Crippen LogP contribution in [-0.4, -0.2) is 55.2 Å². The van der Waals surface area contributed by atoms with Gasteiger partial charge in [-0.1, -0.05) is 17.4 Å². The number of carbonyl (C=O) groups excluding carboxylic acids is 1. The number of hydrogen-bond acceptors (Lipinski definition) is 5.